The van der Waals surface area contributed by atoms with Crippen molar-refractivity contribution in [3.05, 3.63) is 30.3 Å². The van der Waals surface area contributed by atoms with Crippen LogP contribution >= 0.6 is 11.8 Å². The highest BCUT2D eigenvalue weighted by molar-refractivity contribution is 7.98. The van der Waals surface area contributed by atoms with Crippen molar-refractivity contribution in [3.8, 4) is 0 Å². The normalized spacial score (nSPS) is 17.0. The third-order valence-electron chi connectivity index (χ3n) is 5.89. The van der Waals surface area contributed by atoms with Crippen LogP contribution in [0.15, 0.2) is 35.5 Å². The standard InChI is InChI=1S/C23H33N7O3S/c1-34-23-26-20(25-18-2-4-19(5-3-18)29-11-14-33-15-12-29)16-21(27-23)30-9-7-28(8-10-30)17-22(32)24-6-13-31/h2-5,16,31H,6-15,17H2,1H3,(H,24,32)(H,25,26,27). The number of piperazine rings is 1. The van der Waals surface area contributed by atoms with Crippen molar-refractivity contribution in [3.63, 3.8) is 0 Å². The predicted molar refractivity (Wildman–Crippen MR) is 135 cm³/mol. The van der Waals surface area contributed by atoms with Gasteiger partial charge in [0.25, 0.3) is 0 Å². The second kappa shape index (κ2) is 12.2. The van der Waals surface area contributed by atoms with Gasteiger partial charge in [-0.05, 0) is 30.5 Å². The zero-order valence-corrected chi connectivity index (χ0v) is 20.4. The molecule has 3 heterocycles. The number of hydrogen-bond acceptors (Lipinski definition) is 10. The fraction of sp³-hybridized carbons (Fsp3) is 0.522. The highest BCUT2D eigenvalue weighted by Crippen LogP contribution is 2.25. The Bertz CT molecular complexity index is 933. The van der Waals surface area contributed by atoms with E-state index in [2.05, 4.69) is 54.6 Å². The third kappa shape index (κ3) is 6.72. The number of rotatable bonds is 9. The first-order valence-corrected chi connectivity index (χ1v) is 12.8. The van der Waals surface area contributed by atoms with E-state index in [9.17, 15) is 4.79 Å². The molecule has 0 aliphatic carbocycles. The lowest BCUT2D eigenvalue weighted by atomic mass is 10.2. The van der Waals surface area contributed by atoms with Gasteiger partial charge >= 0.3 is 0 Å². The maximum atomic E-state index is 11.9. The van der Waals surface area contributed by atoms with Gasteiger partial charge in [0.05, 0.1) is 26.4 Å². The van der Waals surface area contributed by atoms with Crippen LogP contribution in [0.5, 0.6) is 0 Å². The molecule has 0 bridgehead atoms. The van der Waals surface area contributed by atoms with E-state index in [1.807, 2.05) is 12.3 Å². The molecule has 1 amide bonds. The summed E-state index contributed by atoms with van der Waals surface area (Å²) in [5.74, 6) is 1.59. The molecular weight excluding hydrogens is 454 g/mol. The lowest BCUT2D eigenvalue weighted by Crippen LogP contribution is -2.50. The number of carbonyl (C=O) groups is 1. The second-order valence-corrected chi connectivity index (χ2v) is 8.98. The van der Waals surface area contributed by atoms with Crippen LogP contribution in [0.3, 0.4) is 0 Å². The Morgan fingerprint density at radius 2 is 1.79 bits per heavy atom. The largest absolute Gasteiger partial charge is 0.395 e. The number of aliphatic hydroxyl groups excluding tert-OH is 1. The molecule has 2 aliphatic rings. The fourth-order valence-corrected chi connectivity index (χ4v) is 4.42. The lowest BCUT2D eigenvalue weighted by Gasteiger charge is -2.35. The Morgan fingerprint density at radius 3 is 2.47 bits per heavy atom. The van der Waals surface area contributed by atoms with E-state index in [1.165, 1.54) is 17.4 Å². The Hall–Kier alpha value is -2.60. The zero-order chi connectivity index (χ0) is 23.8. The van der Waals surface area contributed by atoms with E-state index in [-0.39, 0.29) is 12.5 Å². The molecule has 11 heteroatoms. The Morgan fingerprint density at radius 1 is 1.06 bits per heavy atom. The first-order chi connectivity index (χ1) is 16.6. The molecule has 1 aromatic carbocycles. The number of morpholine rings is 1. The number of amides is 1. The van der Waals surface area contributed by atoms with Gasteiger partial charge < -0.3 is 30.3 Å². The molecule has 0 saturated carbocycles. The summed E-state index contributed by atoms with van der Waals surface area (Å²) >= 11 is 1.52. The van der Waals surface area contributed by atoms with Gasteiger partial charge in [-0.25, -0.2) is 9.97 Å². The van der Waals surface area contributed by atoms with Crippen LogP contribution in [-0.4, -0.2) is 104 Å². The highest BCUT2D eigenvalue weighted by atomic mass is 32.2. The van der Waals surface area contributed by atoms with Crippen LogP contribution in [0.4, 0.5) is 23.0 Å². The van der Waals surface area contributed by atoms with Gasteiger partial charge in [-0.15, -0.1) is 0 Å². The number of aromatic nitrogens is 2. The molecule has 2 saturated heterocycles. The molecule has 2 fully saturated rings. The Kier molecular flexibility index (Phi) is 8.80. The van der Waals surface area contributed by atoms with Crippen LogP contribution in [0.2, 0.25) is 0 Å². The summed E-state index contributed by atoms with van der Waals surface area (Å²) in [7, 11) is 0. The molecule has 184 valence electrons. The maximum Gasteiger partial charge on any atom is 0.234 e. The van der Waals surface area contributed by atoms with Gasteiger partial charge in [-0.3, -0.25) is 9.69 Å². The van der Waals surface area contributed by atoms with Crippen molar-refractivity contribution >= 4 is 40.7 Å². The highest BCUT2D eigenvalue weighted by Gasteiger charge is 2.21. The molecule has 0 radical (unpaired) electrons. The number of ether oxygens (including phenoxy) is 1. The molecule has 4 rings (SSSR count). The molecule has 2 aromatic rings. The van der Waals surface area contributed by atoms with Gasteiger partial charge in [-0.1, -0.05) is 11.8 Å². The average molecular weight is 488 g/mol. The van der Waals surface area contributed by atoms with Crippen LogP contribution in [-0.2, 0) is 9.53 Å². The summed E-state index contributed by atoms with van der Waals surface area (Å²) in [6.07, 6.45) is 1.98. The van der Waals surface area contributed by atoms with Crippen LogP contribution in [0.1, 0.15) is 0 Å². The molecule has 0 spiro atoms. The van der Waals surface area contributed by atoms with Gasteiger partial charge in [0.15, 0.2) is 5.16 Å². The summed E-state index contributed by atoms with van der Waals surface area (Å²) < 4.78 is 5.44. The quantitative estimate of drug-likeness (QED) is 0.350. The van der Waals surface area contributed by atoms with E-state index in [1.54, 1.807) is 0 Å². The van der Waals surface area contributed by atoms with Crippen LogP contribution in [0.25, 0.3) is 0 Å². The number of aliphatic hydroxyl groups is 1. The lowest BCUT2D eigenvalue weighted by molar-refractivity contribution is -0.122. The summed E-state index contributed by atoms with van der Waals surface area (Å²) in [6.45, 7) is 7.09. The van der Waals surface area contributed by atoms with Crippen LogP contribution < -0.4 is 20.4 Å². The number of nitrogens with zero attached hydrogens (tertiary/aromatic N) is 5. The Labute approximate surface area is 204 Å². The predicted octanol–water partition coefficient (Wildman–Crippen LogP) is 1.01. The average Bonchev–Trinajstić information content (AvgIpc) is 2.88. The summed E-state index contributed by atoms with van der Waals surface area (Å²) in [4.78, 5) is 28.0. The minimum atomic E-state index is -0.0552. The van der Waals surface area contributed by atoms with E-state index in [0.717, 1.165) is 75.0 Å². The molecular formula is C23H33N7O3S. The molecule has 0 atom stereocenters. The zero-order valence-electron chi connectivity index (χ0n) is 19.6. The van der Waals surface area contributed by atoms with Gasteiger partial charge in [0.1, 0.15) is 11.6 Å². The Balaban J connectivity index is 1.37. The number of carbonyl (C=O) groups excluding carboxylic acids is 1. The van der Waals surface area contributed by atoms with Crippen molar-refractivity contribution < 1.29 is 14.6 Å². The summed E-state index contributed by atoms with van der Waals surface area (Å²) in [5, 5.41) is 15.7. The third-order valence-corrected chi connectivity index (χ3v) is 6.44. The van der Waals surface area contributed by atoms with Crippen molar-refractivity contribution in [2.45, 2.75) is 5.16 Å². The van der Waals surface area contributed by atoms with Crippen molar-refractivity contribution in [2.24, 2.45) is 0 Å². The summed E-state index contributed by atoms with van der Waals surface area (Å²) in [6, 6.07) is 10.4. The molecule has 34 heavy (non-hydrogen) atoms. The second-order valence-electron chi connectivity index (χ2n) is 8.21. The molecule has 1 aromatic heterocycles. The first-order valence-electron chi connectivity index (χ1n) is 11.6. The SMILES string of the molecule is CSc1nc(Nc2ccc(N3CCOCC3)cc2)cc(N2CCN(CC(=O)NCCO)CC2)n1. The van der Waals surface area contributed by atoms with E-state index in [4.69, 9.17) is 14.8 Å². The number of hydrogen-bond donors (Lipinski definition) is 3. The van der Waals surface area contributed by atoms with Crippen molar-refractivity contribution in [1.29, 1.82) is 0 Å². The monoisotopic (exact) mass is 487 g/mol. The maximum absolute atomic E-state index is 11.9. The fourth-order valence-electron chi connectivity index (χ4n) is 4.04. The van der Waals surface area contributed by atoms with Crippen LogP contribution in [0, 0.1) is 0 Å². The van der Waals surface area contributed by atoms with Crippen molar-refractivity contribution in [1.82, 2.24) is 20.2 Å². The minimum Gasteiger partial charge on any atom is -0.395 e. The number of nitrogens with one attached hydrogen (secondary N) is 2. The smallest absolute Gasteiger partial charge is 0.234 e. The van der Waals surface area contributed by atoms with Gasteiger partial charge in [0.2, 0.25) is 5.91 Å². The van der Waals surface area contributed by atoms with E-state index >= 15 is 0 Å². The first kappa shape index (κ1) is 24.5. The molecule has 10 nitrogen and oxygen atoms in total. The molecule has 3 N–H and O–H groups in total. The van der Waals surface area contributed by atoms with Crippen molar-refractivity contribution in [2.75, 3.05) is 93.6 Å². The molecule has 0 unspecified atom stereocenters. The van der Waals surface area contributed by atoms with E-state index in [0.29, 0.717) is 13.1 Å². The number of benzene rings is 1. The topological polar surface area (TPSA) is 106 Å². The minimum absolute atomic E-state index is 0.0423. The van der Waals surface area contributed by atoms with Gasteiger partial charge in [0, 0.05) is 63.3 Å². The van der Waals surface area contributed by atoms with E-state index < -0.39 is 0 Å². The number of thioether (sulfide) groups is 1. The molecule has 2 aliphatic heterocycles. The van der Waals surface area contributed by atoms with Gasteiger partial charge in [-0.2, -0.15) is 0 Å². The number of anilines is 4. The summed E-state index contributed by atoms with van der Waals surface area (Å²) in [5.41, 5.74) is 2.18.